The van der Waals surface area contributed by atoms with E-state index in [4.69, 9.17) is 19.5 Å². The van der Waals surface area contributed by atoms with E-state index in [9.17, 15) is 9.59 Å². The van der Waals surface area contributed by atoms with Gasteiger partial charge in [0.05, 0.1) is 26.7 Å². The molecule has 2 aromatic rings. The van der Waals surface area contributed by atoms with Crippen molar-refractivity contribution in [2.75, 3.05) is 27.4 Å². The van der Waals surface area contributed by atoms with Gasteiger partial charge in [-0.05, 0) is 42.0 Å². The third kappa shape index (κ3) is 7.07. The molecule has 0 aliphatic rings. The standard InChI is InChI=1S/C21H22N2O6/c1-26-17-8-10-19(11-9-17)29-21(25)23(15-20(24)27-2)14-16-4-6-18(7-5-16)28-13-3-12-22/h4-11H,3,13-15H2,1-2H3. The van der Waals surface area contributed by atoms with Crippen LogP contribution in [0.1, 0.15) is 12.0 Å². The van der Waals surface area contributed by atoms with Crippen molar-refractivity contribution in [2.24, 2.45) is 0 Å². The number of ether oxygens (including phenoxy) is 4. The lowest BCUT2D eigenvalue weighted by Gasteiger charge is -2.21. The number of carbonyl (C=O) groups excluding carboxylic acids is 2. The molecule has 1 amide bonds. The van der Waals surface area contributed by atoms with E-state index in [2.05, 4.69) is 4.74 Å². The highest BCUT2D eigenvalue weighted by Crippen LogP contribution is 2.19. The van der Waals surface area contributed by atoms with Crippen LogP contribution in [0.25, 0.3) is 0 Å². The van der Waals surface area contributed by atoms with Crippen LogP contribution in [0.4, 0.5) is 4.79 Å². The molecule has 0 radical (unpaired) electrons. The van der Waals surface area contributed by atoms with Crippen molar-refractivity contribution >= 4 is 12.1 Å². The highest BCUT2D eigenvalue weighted by Gasteiger charge is 2.20. The van der Waals surface area contributed by atoms with Crippen LogP contribution in [0, 0.1) is 11.3 Å². The molecule has 0 fully saturated rings. The Morgan fingerprint density at radius 3 is 2.17 bits per heavy atom. The summed E-state index contributed by atoms with van der Waals surface area (Å²) >= 11 is 0. The van der Waals surface area contributed by atoms with Crippen molar-refractivity contribution in [3.05, 3.63) is 54.1 Å². The lowest BCUT2D eigenvalue weighted by atomic mass is 10.2. The Labute approximate surface area is 169 Å². The average molecular weight is 398 g/mol. The molecule has 2 rings (SSSR count). The van der Waals surface area contributed by atoms with Gasteiger partial charge >= 0.3 is 12.1 Å². The molecule has 0 aliphatic heterocycles. The molecule has 8 heteroatoms. The van der Waals surface area contributed by atoms with Crippen LogP contribution in [0.5, 0.6) is 17.2 Å². The fraction of sp³-hybridized carbons (Fsp3) is 0.286. The van der Waals surface area contributed by atoms with Crippen LogP contribution in [0.2, 0.25) is 0 Å². The summed E-state index contributed by atoms with van der Waals surface area (Å²) in [7, 11) is 2.79. The summed E-state index contributed by atoms with van der Waals surface area (Å²) in [4.78, 5) is 25.5. The van der Waals surface area contributed by atoms with Crippen LogP contribution in [-0.2, 0) is 16.1 Å². The fourth-order valence-corrected chi connectivity index (χ4v) is 2.34. The number of hydrogen-bond acceptors (Lipinski definition) is 7. The van der Waals surface area contributed by atoms with Crippen molar-refractivity contribution in [3.8, 4) is 23.3 Å². The quantitative estimate of drug-likeness (QED) is 0.473. The molecular weight excluding hydrogens is 376 g/mol. The second-order valence-corrected chi connectivity index (χ2v) is 5.88. The Morgan fingerprint density at radius 2 is 1.59 bits per heavy atom. The molecular formula is C21H22N2O6. The van der Waals surface area contributed by atoms with Gasteiger partial charge in [-0.3, -0.25) is 9.69 Å². The van der Waals surface area contributed by atoms with E-state index < -0.39 is 12.1 Å². The Morgan fingerprint density at radius 1 is 0.966 bits per heavy atom. The first-order valence-corrected chi connectivity index (χ1v) is 8.82. The number of nitriles is 1. The molecule has 152 valence electrons. The normalized spacial score (nSPS) is 9.83. The number of nitrogens with zero attached hydrogens (tertiary/aromatic N) is 2. The van der Waals surface area contributed by atoms with Crippen LogP contribution in [0.3, 0.4) is 0 Å². The van der Waals surface area contributed by atoms with Gasteiger partial charge in [0.1, 0.15) is 30.4 Å². The summed E-state index contributed by atoms with van der Waals surface area (Å²) in [6.45, 7) is 0.187. The third-order valence-electron chi connectivity index (χ3n) is 3.85. The van der Waals surface area contributed by atoms with E-state index in [1.54, 1.807) is 55.6 Å². The molecule has 8 nitrogen and oxygen atoms in total. The first-order valence-electron chi connectivity index (χ1n) is 8.82. The Balaban J connectivity index is 2.05. The Hall–Kier alpha value is -3.73. The van der Waals surface area contributed by atoms with Crippen molar-refractivity contribution < 1.29 is 28.5 Å². The maximum absolute atomic E-state index is 12.6. The summed E-state index contributed by atoms with van der Waals surface area (Å²) in [5.41, 5.74) is 0.771. The lowest BCUT2D eigenvalue weighted by molar-refractivity contribution is -0.141. The molecule has 0 N–H and O–H groups in total. The predicted octanol–water partition coefficient (Wildman–Crippen LogP) is 3.16. The van der Waals surface area contributed by atoms with E-state index in [0.29, 0.717) is 30.3 Å². The van der Waals surface area contributed by atoms with Crippen LogP contribution < -0.4 is 14.2 Å². The van der Waals surface area contributed by atoms with Gasteiger partial charge in [-0.2, -0.15) is 5.26 Å². The third-order valence-corrected chi connectivity index (χ3v) is 3.85. The van der Waals surface area contributed by atoms with Gasteiger partial charge in [-0.25, -0.2) is 4.79 Å². The molecule has 0 aliphatic carbocycles. The van der Waals surface area contributed by atoms with Gasteiger partial charge in [-0.1, -0.05) is 12.1 Å². The summed E-state index contributed by atoms with van der Waals surface area (Å²) < 4.78 is 20.5. The van der Waals surface area contributed by atoms with Gasteiger partial charge < -0.3 is 18.9 Å². The summed E-state index contributed by atoms with van der Waals surface area (Å²) in [6, 6.07) is 15.5. The van der Waals surface area contributed by atoms with Crippen LogP contribution in [-0.4, -0.2) is 44.3 Å². The van der Waals surface area contributed by atoms with Crippen molar-refractivity contribution in [1.29, 1.82) is 5.26 Å². The largest absolute Gasteiger partial charge is 0.497 e. The maximum Gasteiger partial charge on any atom is 0.416 e. The maximum atomic E-state index is 12.6. The number of amides is 1. The zero-order valence-electron chi connectivity index (χ0n) is 16.3. The smallest absolute Gasteiger partial charge is 0.416 e. The van der Waals surface area contributed by atoms with Crippen molar-refractivity contribution in [2.45, 2.75) is 13.0 Å². The highest BCUT2D eigenvalue weighted by molar-refractivity contribution is 5.79. The molecule has 0 spiro atoms. The van der Waals surface area contributed by atoms with Crippen LogP contribution >= 0.6 is 0 Å². The molecule has 0 bridgehead atoms. The Kier molecular flexibility index (Phi) is 8.32. The first-order chi connectivity index (χ1) is 14.0. The number of rotatable bonds is 9. The minimum atomic E-state index is -0.685. The zero-order valence-corrected chi connectivity index (χ0v) is 16.3. The highest BCUT2D eigenvalue weighted by atomic mass is 16.6. The summed E-state index contributed by atoms with van der Waals surface area (Å²) in [5.74, 6) is 1.01. The molecule has 0 saturated carbocycles. The number of carbonyl (C=O) groups is 2. The Bertz CT molecular complexity index is 843. The summed E-state index contributed by atoms with van der Waals surface area (Å²) in [6.07, 6.45) is -0.388. The first kappa shape index (κ1) is 21.6. The van der Waals surface area contributed by atoms with Crippen molar-refractivity contribution in [3.63, 3.8) is 0 Å². The number of benzene rings is 2. The van der Waals surface area contributed by atoms with Gasteiger partial charge in [0.25, 0.3) is 0 Å². The summed E-state index contributed by atoms with van der Waals surface area (Å²) in [5, 5.41) is 8.54. The lowest BCUT2D eigenvalue weighted by Crippen LogP contribution is -2.37. The topological polar surface area (TPSA) is 98.1 Å². The molecule has 0 aromatic heterocycles. The van der Waals surface area contributed by atoms with E-state index in [1.807, 2.05) is 6.07 Å². The SMILES string of the molecule is COC(=O)CN(Cc1ccc(OCCC#N)cc1)C(=O)Oc1ccc(OC)cc1. The van der Waals surface area contributed by atoms with E-state index in [0.717, 1.165) is 5.56 Å². The van der Waals surface area contributed by atoms with E-state index in [1.165, 1.54) is 12.0 Å². The predicted molar refractivity (Wildman–Crippen MR) is 104 cm³/mol. The molecule has 0 atom stereocenters. The minimum Gasteiger partial charge on any atom is -0.497 e. The van der Waals surface area contributed by atoms with Gasteiger partial charge in [0.15, 0.2) is 0 Å². The molecule has 0 heterocycles. The van der Waals surface area contributed by atoms with E-state index >= 15 is 0 Å². The van der Waals surface area contributed by atoms with Crippen LogP contribution in [0.15, 0.2) is 48.5 Å². The fourth-order valence-electron chi connectivity index (χ4n) is 2.34. The molecule has 29 heavy (non-hydrogen) atoms. The van der Waals surface area contributed by atoms with Crippen molar-refractivity contribution in [1.82, 2.24) is 4.90 Å². The average Bonchev–Trinajstić information content (AvgIpc) is 2.75. The number of methoxy groups -OCH3 is 2. The zero-order chi connectivity index (χ0) is 21.1. The van der Waals surface area contributed by atoms with E-state index in [-0.39, 0.29) is 13.1 Å². The van der Waals surface area contributed by atoms with Gasteiger partial charge in [0.2, 0.25) is 0 Å². The molecule has 0 unspecified atom stereocenters. The number of hydrogen-bond donors (Lipinski definition) is 0. The molecule has 0 saturated heterocycles. The number of esters is 1. The van der Waals surface area contributed by atoms with Gasteiger partial charge in [0, 0.05) is 6.54 Å². The minimum absolute atomic E-state index is 0.141. The van der Waals surface area contributed by atoms with Gasteiger partial charge in [-0.15, -0.1) is 0 Å². The second kappa shape index (κ2) is 11.2. The molecule has 2 aromatic carbocycles. The second-order valence-electron chi connectivity index (χ2n) is 5.88. The monoisotopic (exact) mass is 398 g/mol.